The minimum Gasteiger partial charge on any atom is -0.486 e. The van der Waals surface area contributed by atoms with Gasteiger partial charge in [0.2, 0.25) is 0 Å². The van der Waals surface area contributed by atoms with Crippen molar-refractivity contribution in [3.05, 3.63) is 65.7 Å². The van der Waals surface area contributed by atoms with Crippen LogP contribution in [0.15, 0.2) is 49.1 Å². The first-order valence-corrected chi connectivity index (χ1v) is 11.3. The molecule has 1 atom stereocenters. The number of ether oxygens (including phenoxy) is 2. The quantitative estimate of drug-likeness (QED) is 0.613. The third kappa shape index (κ3) is 2.98. The highest BCUT2D eigenvalue weighted by Crippen LogP contribution is 2.52. The van der Waals surface area contributed by atoms with Crippen LogP contribution in [0.25, 0.3) is 5.69 Å². The molecule has 7 heteroatoms. The van der Waals surface area contributed by atoms with E-state index in [-0.39, 0.29) is 17.4 Å². The van der Waals surface area contributed by atoms with Crippen LogP contribution >= 0.6 is 0 Å². The van der Waals surface area contributed by atoms with Crippen molar-refractivity contribution in [2.75, 3.05) is 19.8 Å². The molecule has 3 aromatic rings. The minimum absolute atomic E-state index is 0.00594. The Hall–Kier alpha value is -3.35. The number of hydrogen-bond donors (Lipinski definition) is 0. The zero-order chi connectivity index (χ0) is 21.7. The topological polar surface area (TPSA) is 69.5 Å². The molecule has 1 unspecified atom stereocenters. The Morgan fingerprint density at radius 3 is 2.47 bits per heavy atom. The van der Waals surface area contributed by atoms with Gasteiger partial charge in [-0.25, -0.2) is 9.67 Å². The Morgan fingerprint density at radius 2 is 1.78 bits per heavy atom. The summed E-state index contributed by atoms with van der Waals surface area (Å²) in [5.41, 5.74) is 4.10. The van der Waals surface area contributed by atoms with Crippen molar-refractivity contribution < 1.29 is 14.3 Å². The molecule has 2 aliphatic heterocycles. The Labute approximate surface area is 187 Å². The highest BCUT2D eigenvalue weighted by Gasteiger charge is 2.46. The average Bonchev–Trinajstić information content (AvgIpc) is 3.54. The van der Waals surface area contributed by atoms with Crippen molar-refractivity contribution in [2.24, 2.45) is 0 Å². The van der Waals surface area contributed by atoms with Crippen LogP contribution < -0.4 is 9.47 Å². The summed E-state index contributed by atoms with van der Waals surface area (Å²) in [6.45, 7) is 4.01. The molecule has 32 heavy (non-hydrogen) atoms. The molecular weight excluding hydrogens is 404 g/mol. The van der Waals surface area contributed by atoms with E-state index in [0.717, 1.165) is 36.6 Å². The second-order valence-electron chi connectivity index (χ2n) is 9.07. The van der Waals surface area contributed by atoms with Crippen molar-refractivity contribution in [3.63, 3.8) is 0 Å². The normalized spacial score (nSPS) is 20.9. The Kier molecular flexibility index (Phi) is 4.45. The molecule has 0 radical (unpaired) electrons. The molecule has 6 rings (SSSR count). The van der Waals surface area contributed by atoms with Gasteiger partial charge in [0.05, 0.1) is 11.7 Å². The van der Waals surface area contributed by atoms with E-state index in [1.165, 1.54) is 30.3 Å². The van der Waals surface area contributed by atoms with E-state index < -0.39 is 0 Å². The summed E-state index contributed by atoms with van der Waals surface area (Å²) in [4.78, 5) is 19.7. The molecule has 2 aromatic carbocycles. The highest BCUT2D eigenvalue weighted by atomic mass is 16.6. The molecule has 1 spiro atoms. The summed E-state index contributed by atoms with van der Waals surface area (Å²) in [6, 6.07) is 11.9. The first-order valence-electron chi connectivity index (χ1n) is 11.3. The van der Waals surface area contributed by atoms with Gasteiger partial charge < -0.3 is 14.4 Å². The number of amides is 1. The van der Waals surface area contributed by atoms with Crippen LogP contribution in [-0.4, -0.2) is 45.3 Å². The minimum atomic E-state index is -0.0328. The molecule has 0 saturated heterocycles. The molecule has 1 aliphatic carbocycles. The van der Waals surface area contributed by atoms with Crippen molar-refractivity contribution >= 4 is 5.91 Å². The standard InChI is InChI=1S/C25H26N4O3/c1-17-20-12-22-23(32-11-10-31-22)13-21(20)25(8-2-3-9-25)14-28(17)24(30)18-4-6-19(7-5-18)29-16-26-15-27-29/h4-7,12-13,15-17H,2-3,8-11,14H2,1H3. The van der Waals surface area contributed by atoms with Crippen molar-refractivity contribution in [2.45, 2.75) is 44.1 Å². The van der Waals surface area contributed by atoms with E-state index in [0.29, 0.717) is 18.8 Å². The van der Waals surface area contributed by atoms with Crippen LogP contribution in [0.2, 0.25) is 0 Å². The summed E-state index contributed by atoms with van der Waals surface area (Å²) in [6.07, 6.45) is 7.73. The molecule has 1 aromatic heterocycles. The van der Waals surface area contributed by atoms with Crippen molar-refractivity contribution in [3.8, 4) is 17.2 Å². The molecule has 0 N–H and O–H groups in total. The molecule has 7 nitrogen and oxygen atoms in total. The molecule has 3 aliphatic rings. The molecule has 1 amide bonds. The molecule has 3 heterocycles. The fourth-order valence-electron chi connectivity index (χ4n) is 5.62. The van der Waals surface area contributed by atoms with Gasteiger partial charge in [0.15, 0.2) is 11.5 Å². The van der Waals surface area contributed by atoms with Gasteiger partial charge in [-0.05, 0) is 67.3 Å². The monoisotopic (exact) mass is 430 g/mol. The van der Waals surface area contributed by atoms with Gasteiger partial charge >= 0.3 is 0 Å². The van der Waals surface area contributed by atoms with Gasteiger partial charge in [-0.2, -0.15) is 5.10 Å². The lowest BCUT2D eigenvalue weighted by molar-refractivity contribution is 0.0593. The maximum Gasteiger partial charge on any atom is 0.254 e. The molecular formula is C25H26N4O3. The number of carbonyl (C=O) groups is 1. The summed E-state index contributed by atoms with van der Waals surface area (Å²) in [5, 5.41) is 4.16. The summed E-state index contributed by atoms with van der Waals surface area (Å²) in [5.74, 6) is 1.70. The Balaban J connectivity index is 1.37. The predicted molar refractivity (Wildman–Crippen MR) is 118 cm³/mol. The summed E-state index contributed by atoms with van der Waals surface area (Å²) < 4.78 is 13.5. The largest absolute Gasteiger partial charge is 0.486 e. The molecule has 1 fully saturated rings. The first kappa shape index (κ1) is 19.3. The third-order valence-electron chi connectivity index (χ3n) is 7.30. The number of hydrogen-bond acceptors (Lipinski definition) is 5. The van der Waals surface area contributed by atoms with Crippen LogP contribution in [-0.2, 0) is 5.41 Å². The van der Waals surface area contributed by atoms with Gasteiger partial charge in [0.25, 0.3) is 5.91 Å². The number of benzene rings is 2. The van der Waals surface area contributed by atoms with Gasteiger partial charge in [-0.1, -0.05) is 12.8 Å². The van der Waals surface area contributed by atoms with Gasteiger partial charge in [0, 0.05) is 17.5 Å². The average molecular weight is 431 g/mol. The fourth-order valence-corrected chi connectivity index (χ4v) is 5.62. The van der Waals surface area contributed by atoms with Gasteiger partial charge in [-0.15, -0.1) is 0 Å². The zero-order valence-electron chi connectivity index (χ0n) is 18.2. The summed E-state index contributed by atoms with van der Waals surface area (Å²) in [7, 11) is 0. The smallest absolute Gasteiger partial charge is 0.254 e. The van der Waals surface area contributed by atoms with E-state index >= 15 is 0 Å². The van der Waals surface area contributed by atoms with Crippen LogP contribution in [0.1, 0.15) is 60.1 Å². The second-order valence-corrected chi connectivity index (χ2v) is 9.07. The van der Waals surface area contributed by atoms with E-state index in [1.807, 2.05) is 29.2 Å². The number of nitrogens with zero attached hydrogens (tertiary/aromatic N) is 4. The predicted octanol–water partition coefficient (Wildman–Crippen LogP) is 4.07. The summed E-state index contributed by atoms with van der Waals surface area (Å²) >= 11 is 0. The molecule has 1 saturated carbocycles. The zero-order valence-corrected chi connectivity index (χ0v) is 18.2. The highest BCUT2D eigenvalue weighted by molar-refractivity contribution is 5.95. The lowest BCUT2D eigenvalue weighted by Crippen LogP contribution is -2.48. The number of fused-ring (bicyclic) bond motifs is 3. The van der Waals surface area contributed by atoms with Crippen LogP contribution in [0.4, 0.5) is 0 Å². The third-order valence-corrected chi connectivity index (χ3v) is 7.30. The van der Waals surface area contributed by atoms with E-state index in [4.69, 9.17) is 9.47 Å². The maximum atomic E-state index is 13.7. The lowest BCUT2D eigenvalue weighted by atomic mass is 9.71. The Bertz CT molecular complexity index is 1150. The van der Waals surface area contributed by atoms with E-state index in [1.54, 1.807) is 11.0 Å². The lowest BCUT2D eigenvalue weighted by Gasteiger charge is -2.46. The SMILES string of the molecule is CC1c2cc3c(cc2C2(CCCC2)CN1C(=O)c1ccc(-n2cncn2)cc1)OCCO3. The number of rotatable bonds is 2. The number of aromatic nitrogens is 3. The molecule has 164 valence electrons. The number of carbonyl (C=O) groups excluding carboxylic acids is 1. The van der Waals surface area contributed by atoms with Crippen molar-refractivity contribution in [1.82, 2.24) is 19.7 Å². The van der Waals surface area contributed by atoms with Gasteiger partial charge in [0.1, 0.15) is 25.9 Å². The van der Waals surface area contributed by atoms with E-state index in [2.05, 4.69) is 29.1 Å². The van der Waals surface area contributed by atoms with Gasteiger partial charge in [-0.3, -0.25) is 4.79 Å². The molecule has 0 bridgehead atoms. The van der Waals surface area contributed by atoms with E-state index in [9.17, 15) is 4.79 Å². The first-order chi connectivity index (χ1) is 15.6. The Morgan fingerprint density at radius 1 is 1.06 bits per heavy atom. The second kappa shape index (κ2) is 7.36. The maximum absolute atomic E-state index is 13.7. The van der Waals surface area contributed by atoms with Crippen molar-refractivity contribution in [1.29, 1.82) is 0 Å². The fraction of sp³-hybridized carbons (Fsp3) is 0.400. The van der Waals surface area contributed by atoms with Crippen LogP contribution in [0, 0.1) is 0 Å². The van der Waals surface area contributed by atoms with Crippen LogP contribution in [0.3, 0.4) is 0 Å². The van der Waals surface area contributed by atoms with Crippen LogP contribution in [0.5, 0.6) is 11.5 Å².